The van der Waals surface area contributed by atoms with Crippen LogP contribution in [0.4, 0.5) is 5.82 Å². The first kappa shape index (κ1) is 22.8. The Hall–Kier alpha value is -3.00. The van der Waals surface area contributed by atoms with Gasteiger partial charge in [-0.05, 0) is 72.7 Å². The van der Waals surface area contributed by atoms with Crippen LogP contribution in [-0.4, -0.2) is 70.1 Å². The van der Waals surface area contributed by atoms with E-state index in [9.17, 15) is 4.79 Å². The van der Waals surface area contributed by atoms with Crippen molar-refractivity contribution < 1.29 is 4.79 Å². The van der Waals surface area contributed by atoms with Crippen molar-refractivity contribution in [3.05, 3.63) is 41.2 Å². The van der Waals surface area contributed by atoms with Crippen LogP contribution in [0.3, 0.4) is 0 Å². The summed E-state index contributed by atoms with van der Waals surface area (Å²) in [6.45, 7) is 7.73. The van der Waals surface area contributed by atoms with Crippen LogP contribution in [0.2, 0.25) is 0 Å². The Bertz CT molecular complexity index is 1190. The fourth-order valence-corrected chi connectivity index (χ4v) is 5.26. The summed E-state index contributed by atoms with van der Waals surface area (Å²) in [5.41, 5.74) is 5.10. The number of nitrogens with one attached hydrogen (secondary N) is 1. The lowest BCUT2D eigenvalue weighted by atomic mass is 9.85. The van der Waals surface area contributed by atoms with Gasteiger partial charge in [0.05, 0.1) is 22.5 Å². The summed E-state index contributed by atoms with van der Waals surface area (Å²) in [6, 6.07) is 9.32. The van der Waals surface area contributed by atoms with Gasteiger partial charge in [-0.25, -0.2) is 4.68 Å². The van der Waals surface area contributed by atoms with Gasteiger partial charge < -0.3 is 15.1 Å². The Morgan fingerprint density at radius 1 is 1.03 bits per heavy atom. The maximum Gasteiger partial charge on any atom is 0.223 e. The van der Waals surface area contributed by atoms with Gasteiger partial charge in [-0.15, -0.1) is 5.10 Å². The number of anilines is 1. The third-order valence-electron chi connectivity index (χ3n) is 7.62. The maximum atomic E-state index is 12.8. The maximum absolute atomic E-state index is 12.8. The average molecular weight is 462 g/mol. The highest BCUT2D eigenvalue weighted by molar-refractivity contribution is 5.92. The van der Waals surface area contributed by atoms with E-state index in [-0.39, 0.29) is 11.8 Å². The van der Waals surface area contributed by atoms with E-state index in [1.165, 1.54) is 5.56 Å². The van der Waals surface area contributed by atoms with Gasteiger partial charge in [0, 0.05) is 31.1 Å². The van der Waals surface area contributed by atoms with Crippen molar-refractivity contribution in [1.82, 2.24) is 30.2 Å². The quantitative estimate of drug-likeness (QED) is 0.629. The highest BCUT2D eigenvalue weighted by Crippen LogP contribution is 2.32. The number of rotatable bonds is 5. The Labute approximate surface area is 201 Å². The number of nitrogens with zero attached hydrogens (tertiary/aromatic N) is 6. The first-order valence-electron chi connectivity index (χ1n) is 12.3. The lowest BCUT2D eigenvalue weighted by Crippen LogP contribution is -2.53. The van der Waals surface area contributed by atoms with Gasteiger partial charge >= 0.3 is 0 Å². The minimum absolute atomic E-state index is 0.0652. The van der Waals surface area contributed by atoms with E-state index < -0.39 is 0 Å². The molecule has 0 spiro atoms. The lowest BCUT2D eigenvalue weighted by Gasteiger charge is -2.41. The number of carbonyl (C=O) groups excluding carboxylic acids is 1. The van der Waals surface area contributed by atoms with Gasteiger partial charge in [-0.1, -0.05) is 17.7 Å². The van der Waals surface area contributed by atoms with Crippen LogP contribution in [0, 0.1) is 26.7 Å². The Morgan fingerprint density at radius 3 is 2.35 bits per heavy atom. The van der Waals surface area contributed by atoms with E-state index >= 15 is 0 Å². The van der Waals surface area contributed by atoms with Crippen LogP contribution >= 0.6 is 0 Å². The molecule has 2 fully saturated rings. The molecular formula is C26H35N7O. The van der Waals surface area contributed by atoms with Crippen LogP contribution in [0.1, 0.15) is 42.6 Å². The number of hydrogen-bond donors (Lipinski definition) is 1. The van der Waals surface area contributed by atoms with E-state index in [0.29, 0.717) is 12.1 Å². The van der Waals surface area contributed by atoms with E-state index in [1.54, 1.807) is 0 Å². The second-order valence-electron chi connectivity index (χ2n) is 10.2. The third-order valence-corrected chi connectivity index (χ3v) is 7.62. The van der Waals surface area contributed by atoms with Crippen LogP contribution in [-0.2, 0) is 4.79 Å². The smallest absolute Gasteiger partial charge is 0.223 e. The van der Waals surface area contributed by atoms with Gasteiger partial charge in [0.1, 0.15) is 5.52 Å². The predicted octanol–water partition coefficient (Wildman–Crippen LogP) is 3.17. The van der Waals surface area contributed by atoms with E-state index in [2.05, 4.69) is 77.5 Å². The summed E-state index contributed by atoms with van der Waals surface area (Å²) in [6.07, 6.45) is 3.75. The zero-order valence-corrected chi connectivity index (χ0v) is 20.9. The second-order valence-corrected chi connectivity index (χ2v) is 10.2. The molecule has 1 amide bonds. The fraction of sp³-hybridized carbons (Fsp3) is 0.538. The summed E-state index contributed by atoms with van der Waals surface area (Å²) in [7, 11) is 4.21. The number of aryl methyl sites for hydroxylation is 3. The van der Waals surface area contributed by atoms with Crippen LogP contribution in [0.25, 0.3) is 16.6 Å². The minimum atomic E-state index is 0.0652. The Kier molecular flexibility index (Phi) is 6.02. The Morgan fingerprint density at radius 2 is 1.71 bits per heavy atom. The van der Waals surface area contributed by atoms with Gasteiger partial charge in [-0.2, -0.15) is 10.2 Å². The monoisotopic (exact) mass is 461 g/mol. The van der Waals surface area contributed by atoms with Crippen molar-refractivity contribution in [3.8, 4) is 5.69 Å². The molecule has 0 atom stereocenters. The second kappa shape index (κ2) is 8.98. The summed E-state index contributed by atoms with van der Waals surface area (Å²) >= 11 is 0. The molecular weight excluding hydrogens is 426 g/mol. The summed E-state index contributed by atoms with van der Waals surface area (Å²) in [5.74, 6) is 1.10. The third kappa shape index (κ3) is 4.15. The molecule has 34 heavy (non-hydrogen) atoms. The van der Waals surface area contributed by atoms with Crippen molar-refractivity contribution >= 4 is 22.6 Å². The van der Waals surface area contributed by atoms with Crippen LogP contribution < -0.4 is 10.2 Å². The molecule has 0 radical (unpaired) electrons. The summed E-state index contributed by atoms with van der Waals surface area (Å²) in [5, 5.41) is 18.3. The molecule has 5 rings (SSSR count). The van der Waals surface area contributed by atoms with Crippen molar-refractivity contribution in [2.75, 3.05) is 32.1 Å². The minimum Gasteiger partial charge on any atom is -0.353 e. The lowest BCUT2D eigenvalue weighted by molar-refractivity contribution is -0.127. The van der Waals surface area contributed by atoms with Crippen LogP contribution in [0.5, 0.6) is 0 Å². The van der Waals surface area contributed by atoms with E-state index in [1.807, 2.05) is 11.6 Å². The highest BCUT2D eigenvalue weighted by atomic mass is 16.2. The average Bonchev–Trinajstić information content (AvgIpc) is 3.14. The molecule has 1 aliphatic carbocycles. The summed E-state index contributed by atoms with van der Waals surface area (Å²) in [4.78, 5) is 17.3. The van der Waals surface area contributed by atoms with Crippen molar-refractivity contribution in [1.29, 1.82) is 0 Å². The highest BCUT2D eigenvalue weighted by Gasteiger charge is 2.34. The molecule has 8 nitrogen and oxygen atoms in total. The molecule has 3 aromatic rings. The number of carbonyl (C=O) groups is 1. The molecule has 1 N–H and O–H groups in total. The van der Waals surface area contributed by atoms with Crippen molar-refractivity contribution in [2.24, 2.45) is 5.92 Å². The van der Waals surface area contributed by atoms with Crippen molar-refractivity contribution in [2.45, 2.75) is 58.5 Å². The molecule has 0 bridgehead atoms. The van der Waals surface area contributed by atoms with Gasteiger partial charge in [0.15, 0.2) is 5.82 Å². The first-order valence-corrected chi connectivity index (χ1v) is 12.3. The molecule has 8 heteroatoms. The number of hydrogen-bond acceptors (Lipinski definition) is 6. The zero-order chi connectivity index (χ0) is 24.0. The molecule has 3 heterocycles. The Balaban J connectivity index is 1.31. The van der Waals surface area contributed by atoms with Gasteiger partial charge in [0.25, 0.3) is 0 Å². The molecule has 1 saturated carbocycles. The van der Waals surface area contributed by atoms with Gasteiger partial charge in [-0.3, -0.25) is 4.79 Å². The van der Waals surface area contributed by atoms with Crippen molar-refractivity contribution in [3.63, 3.8) is 0 Å². The predicted molar refractivity (Wildman–Crippen MR) is 134 cm³/mol. The van der Waals surface area contributed by atoms with Gasteiger partial charge in [0.2, 0.25) is 5.91 Å². The molecule has 1 aliphatic heterocycles. The largest absolute Gasteiger partial charge is 0.353 e. The molecule has 180 valence electrons. The molecule has 1 aromatic carbocycles. The fourth-order valence-electron chi connectivity index (χ4n) is 5.26. The number of benzene rings is 1. The molecule has 0 unspecified atom stereocenters. The number of aromatic nitrogens is 4. The molecule has 2 aromatic heterocycles. The SMILES string of the molecule is Cc1ccc(-n2nc3c(N4CCC(C(=O)N[C@H]5C[C@@H](N(C)C)C5)CC4)nnc(C)c3c2C)cc1. The topological polar surface area (TPSA) is 79.2 Å². The summed E-state index contributed by atoms with van der Waals surface area (Å²) < 4.78 is 1.99. The number of piperidine rings is 1. The molecule has 2 aliphatic rings. The number of amides is 1. The zero-order valence-electron chi connectivity index (χ0n) is 20.9. The normalized spacial score (nSPS) is 21.2. The molecule has 1 saturated heterocycles. The van der Waals surface area contributed by atoms with Crippen LogP contribution in [0.15, 0.2) is 24.3 Å². The standard InChI is InChI=1S/C26H35N7O/c1-16-6-8-21(9-7-16)33-18(3)23-17(2)28-29-25(24(23)30-33)32-12-10-19(11-13-32)26(34)27-20-14-22(15-20)31(4)5/h6-9,19-20,22H,10-15H2,1-5H3,(H,27,34)/t20-,22+. The van der Waals surface area contributed by atoms with E-state index in [0.717, 1.165) is 72.6 Å². The number of fused-ring (bicyclic) bond motifs is 1. The first-order chi connectivity index (χ1) is 16.3. The van der Waals surface area contributed by atoms with E-state index in [4.69, 9.17) is 5.10 Å².